The third kappa shape index (κ3) is 0.955. The zero-order chi connectivity index (χ0) is 10.9. The number of hydrogen-bond donors (Lipinski definition) is 1. The van der Waals surface area contributed by atoms with E-state index >= 15 is 0 Å². The summed E-state index contributed by atoms with van der Waals surface area (Å²) in [6.07, 6.45) is 2.78. The maximum Gasteiger partial charge on any atom is 0.112 e. The lowest BCUT2D eigenvalue weighted by Crippen LogP contribution is -2.47. The summed E-state index contributed by atoms with van der Waals surface area (Å²) in [6, 6.07) is 2.70. The van der Waals surface area contributed by atoms with Gasteiger partial charge in [-0.05, 0) is 54.6 Å². The van der Waals surface area contributed by atoms with Crippen molar-refractivity contribution in [1.82, 2.24) is 4.37 Å². The second-order valence-electron chi connectivity index (χ2n) is 5.69. The maximum atomic E-state index is 6.25. The van der Waals surface area contributed by atoms with Crippen LogP contribution in [0.4, 0.5) is 5.00 Å². The van der Waals surface area contributed by atoms with Gasteiger partial charge < -0.3 is 10.6 Å². The third-order valence-electron chi connectivity index (χ3n) is 5.11. The molecule has 1 saturated heterocycles. The van der Waals surface area contributed by atoms with Gasteiger partial charge in [0.15, 0.2) is 0 Å². The number of aromatic nitrogens is 1. The van der Waals surface area contributed by atoms with E-state index in [2.05, 4.69) is 22.3 Å². The van der Waals surface area contributed by atoms with Crippen molar-refractivity contribution in [3.63, 3.8) is 0 Å². The Balaban J connectivity index is 1.60. The Kier molecular flexibility index (Phi) is 1.65. The molecule has 1 aromatic rings. The van der Waals surface area contributed by atoms with Crippen molar-refractivity contribution >= 4 is 16.5 Å². The van der Waals surface area contributed by atoms with Crippen LogP contribution in [-0.4, -0.2) is 23.5 Å². The van der Waals surface area contributed by atoms with Crippen LogP contribution in [-0.2, 0) is 0 Å². The number of nitrogens with zero attached hydrogens (tertiary/aromatic N) is 2. The number of hydrogen-bond acceptors (Lipinski definition) is 4. The van der Waals surface area contributed by atoms with Crippen LogP contribution < -0.4 is 10.6 Å². The fraction of sp³-hybridized carbons (Fsp3) is 0.750. The van der Waals surface area contributed by atoms with Crippen molar-refractivity contribution in [2.75, 3.05) is 18.0 Å². The van der Waals surface area contributed by atoms with Crippen LogP contribution in [0.3, 0.4) is 0 Å². The van der Waals surface area contributed by atoms with E-state index in [1.54, 1.807) is 11.5 Å². The number of rotatable bonds is 1. The van der Waals surface area contributed by atoms with Crippen molar-refractivity contribution in [3.8, 4) is 0 Å². The Morgan fingerprint density at radius 2 is 2.44 bits per heavy atom. The molecule has 16 heavy (non-hydrogen) atoms. The minimum atomic E-state index is 0.491. The lowest BCUT2D eigenvalue weighted by Gasteiger charge is -2.46. The minimum Gasteiger partial charge on any atom is -0.362 e. The van der Waals surface area contributed by atoms with Crippen molar-refractivity contribution in [3.05, 3.63) is 11.8 Å². The fourth-order valence-electron chi connectivity index (χ4n) is 3.98. The highest BCUT2D eigenvalue weighted by atomic mass is 32.1. The van der Waals surface area contributed by atoms with Gasteiger partial charge in [-0.3, -0.25) is 0 Å². The van der Waals surface area contributed by atoms with Gasteiger partial charge in [0.1, 0.15) is 5.00 Å². The van der Waals surface area contributed by atoms with E-state index in [1.807, 2.05) is 0 Å². The number of anilines is 1. The molecule has 0 bridgehead atoms. The summed E-state index contributed by atoms with van der Waals surface area (Å²) < 4.78 is 4.38. The molecule has 2 heterocycles. The molecule has 2 N–H and O–H groups in total. The van der Waals surface area contributed by atoms with Crippen LogP contribution in [0.5, 0.6) is 0 Å². The van der Waals surface area contributed by atoms with Crippen molar-refractivity contribution in [1.29, 1.82) is 0 Å². The summed E-state index contributed by atoms with van der Waals surface area (Å²) in [7, 11) is 0. The van der Waals surface area contributed by atoms with Crippen LogP contribution >= 0.6 is 11.5 Å². The second kappa shape index (κ2) is 2.79. The Morgan fingerprint density at radius 3 is 3.00 bits per heavy atom. The molecule has 3 aliphatic rings. The van der Waals surface area contributed by atoms with E-state index < -0.39 is 0 Å². The molecule has 86 valence electrons. The molecule has 3 nitrogen and oxygen atoms in total. The smallest absolute Gasteiger partial charge is 0.112 e. The largest absolute Gasteiger partial charge is 0.362 e. The normalized spacial score (nSPS) is 44.6. The lowest BCUT2D eigenvalue weighted by atomic mass is 9.66. The van der Waals surface area contributed by atoms with Crippen LogP contribution in [0.15, 0.2) is 6.07 Å². The predicted octanol–water partition coefficient (Wildman–Crippen LogP) is 1.63. The van der Waals surface area contributed by atoms with E-state index in [-0.39, 0.29) is 0 Å². The molecule has 0 radical (unpaired) electrons. The molecular formula is C12H17N3S. The molecule has 3 fully saturated rings. The molecule has 1 aromatic heterocycles. The van der Waals surface area contributed by atoms with Gasteiger partial charge in [-0.25, -0.2) is 0 Å². The Labute approximate surface area is 99.8 Å². The first-order chi connectivity index (χ1) is 7.72. The number of aryl methyl sites for hydroxylation is 1. The van der Waals surface area contributed by atoms with Gasteiger partial charge in [-0.15, -0.1) is 0 Å². The molecule has 2 saturated carbocycles. The average molecular weight is 235 g/mol. The van der Waals surface area contributed by atoms with Gasteiger partial charge in [0.2, 0.25) is 0 Å². The minimum absolute atomic E-state index is 0.491. The highest BCUT2D eigenvalue weighted by Crippen LogP contribution is 2.70. The standard InChI is InChI=1S/C12H17N3S/c1-7-4-10(16-14-7)15-5-8-2-3-12(8)9(6-15)11(12)13/h4,8-9,11H,2-3,5-6,13H2,1H3/t8?,9-,11-,12?/m0/s1. The second-order valence-corrected chi connectivity index (χ2v) is 6.48. The average Bonchev–Trinajstić information content (AvgIpc) is 2.64. The van der Waals surface area contributed by atoms with Crippen molar-refractivity contribution in [2.45, 2.75) is 25.8 Å². The topological polar surface area (TPSA) is 42.1 Å². The highest BCUT2D eigenvalue weighted by Gasteiger charge is 2.72. The Hall–Kier alpha value is -0.610. The quantitative estimate of drug-likeness (QED) is 0.804. The van der Waals surface area contributed by atoms with E-state index in [0.29, 0.717) is 11.5 Å². The Bertz CT molecular complexity index is 433. The van der Waals surface area contributed by atoms with Gasteiger partial charge in [0.05, 0.1) is 5.69 Å². The Morgan fingerprint density at radius 1 is 1.56 bits per heavy atom. The van der Waals surface area contributed by atoms with Gasteiger partial charge in [-0.2, -0.15) is 4.37 Å². The first-order valence-corrected chi connectivity index (χ1v) is 6.93. The molecular weight excluding hydrogens is 218 g/mol. The third-order valence-corrected chi connectivity index (χ3v) is 6.05. The lowest BCUT2D eigenvalue weighted by molar-refractivity contribution is 0.111. The molecule has 4 heteroatoms. The van der Waals surface area contributed by atoms with Gasteiger partial charge in [0, 0.05) is 19.1 Å². The summed E-state index contributed by atoms with van der Waals surface area (Å²) in [6.45, 7) is 4.45. The van der Waals surface area contributed by atoms with E-state index in [0.717, 1.165) is 17.5 Å². The molecule has 1 aliphatic heterocycles. The molecule has 4 rings (SSSR count). The van der Waals surface area contributed by atoms with E-state index in [9.17, 15) is 0 Å². The molecule has 2 aliphatic carbocycles. The van der Waals surface area contributed by atoms with Gasteiger partial charge >= 0.3 is 0 Å². The van der Waals surface area contributed by atoms with E-state index in [1.165, 1.54) is 30.9 Å². The summed E-state index contributed by atoms with van der Waals surface area (Å²) in [4.78, 5) is 2.52. The highest BCUT2D eigenvalue weighted by molar-refractivity contribution is 7.10. The van der Waals surface area contributed by atoms with Crippen LogP contribution in [0.2, 0.25) is 0 Å². The molecule has 0 aromatic carbocycles. The predicted molar refractivity (Wildman–Crippen MR) is 65.7 cm³/mol. The maximum absolute atomic E-state index is 6.25. The molecule has 1 spiro atoms. The van der Waals surface area contributed by atoms with Crippen LogP contribution in [0, 0.1) is 24.2 Å². The first kappa shape index (κ1) is 9.42. The summed E-state index contributed by atoms with van der Waals surface area (Å²) in [5.74, 6) is 1.63. The van der Waals surface area contributed by atoms with Gasteiger partial charge in [-0.1, -0.05) is 0 Å². The fourth-order valence-corrected chi connectivity index (χ4v) is 4.76. The van der Waals surface area contributed by atoms with Crippen LogP contribution in [0.1, 0.15) is 18.5 Å². The van der Waals surface area contributed by atoms with Crippen LogP contribution in [0.25, 0.3) is 0 Å². The zero-order valence-electron chi connectivity index (χ0n) is 9.52. The number of nitrogens with two attached hydrogens (primary N) is 1. The van der Waals surface area contributed by atoms with Gasteiger partial charge in [0.25, 0.3) is 0 Å². The molecule has 4 atom stereocenters. The molecule has 0 amide bonds. The summed E-state index contributed by atoms with van der Waals surface area (Å²) in [5, 5.41) is 1.34. The summed E-state index contributed by atoms with van der Waals surface area (Å²) >= 11 is 1.64. The monoisotopic (exact) mass is 235 g/mol. The van der Waals surface area contributed by atoms with Crippen molar-refractivity contribution < 1.29 is 0 Å². The first-order valence-electron chi connectivity index (χ1n) is 6.15. The van der Waals surface area contributed by atoms with E-state index in [4.69, 9.17) is 5.73 Å². The number of piperidine rings is 1. The van der Waals surface area contributed by atoms with Crippen molar-refractivity contribution in [2.24, 2.45) is 23.0 Å². The zero-order valence-corrected chi connectivity index (χ0v) is 10.3. The SMILES string of the molecule is Cc1cc(N2CC3CCC34[C@@H](N)[C@@H]4C2)sn1. The summed E-state index contributed by atoms with van der Waals surface area (Å²) in [5.41, 5.74) is 7.98. The molecule has 2 unspecified atom stereocenters.